The minimum absolute atomic E-state index is 0.909. The molecule has 0 bridgehead atoms. The summed E-state index contributed by atoms with van der Waals surface area (Å²) in [7, 11) is 0. The van der Waals surface area contributed by atoms with E-state index >= 15 is 0 Å². The number of hydrogen-bond donors (Lipinski definition) is 1. The van der Waals surface area contributed by atoms with Gasteiger partial charge in [0.15, 0.2) is 0 Å². The van der Waals surface area contributed by atoms with Gasteiger partial charge in [-0.15, -0.1) is 24.5 Å². The second kappa shape index (κ2) is 8.23. The summed E-state index contributed by atoms with van der Waals surface area (Å²) >= 11 is 1.88. The Labute approximate surface area is 109 Å². The van der Waals surface area contributed by atoms with E-state index in [9.17, 15) is 0 Å². The molecule has 0 aliphatic carbocycles. The van der Waals surface area contributed by atoms with E-state index in [1.807, 2.05) is 23.5 Å². The van der Waals surface area contributed by atoms with Gasteiger partial charge in [-0.25, -0.2) is 0 Å². The molecule has 1 N–H and O–H groups in total. The summed E-state index contributed by atoms with van der Waals surface area (Å²) in [6.45, 7) is 14.5. The first-order valence-electron chi connectivity index (χ1n) is 6.02. The van der Waals surface area contributed by atoms with E-state index in [4.69, 9.17) is 0 Å². The van der Waals surface area contributed by atoms with Crippen molar-refractivity contribution in [2.24, 2.45) is 0 Å². The van der Waals surface area contributed by atoms with Crippen LogP contribution in [-0.2, 0) is 13.1 Å². The van der Waals surface area contributed by atoms with E-state index in [0.717, 1.165) is 32.7 Å². The minimum atomic E-state index is 0.909. The molecule has 0 radical (unpaired) electrons. The van der Waals surface area contributed by atoms with Crippen LogP contribution in [-0.4, -0.2) is 24.5 Å². The fraction of sp³-hybridized carbons (Fsp3) is 0.429. The summed E-state index contributed by atoms with van der Waals surface area (Å²) < 4.78 is 0. The number of thiophene rings is 1. The third-order valence-corrected chi connectivity index (χ3v) is 3.49. The fourth-order valence-corrected chi connectivity index (χ4v) is 2.67. The van der Waals surface area contributed by atoms with Crippen LogP contribution in [0.1, 0.15) is 16.7 Å². The second-order valence-electron chi connectivity index (χ2n) is 3.92. The number of rotatable bonds is 9. The van der Waals surface area contributed by atoms with Crippen LogP contribution in [0.2, 0.25) is 0 Å². The maximum absolute atomic E-state index is 3.79. The van der Waals surface area contributed by atoms with Crippen molar-refractivity contribution in [1.29, 1.82) is 0 Å². The normalized spacial score (nSPS) is 10.7. The molecule has 0 spiro atoms. The summed E-state index contributed by atoms with van der Waals surface area (Å²) in [5, 5.41) is 3.35. The predicted molar refractivity (Wildman–Crippen MR) is 77.4 cm³/mol. The lowest BCUT2D eigenvalue weighted by Gasteiger charge is -2.17. The van der Waals surface area contributed by atoms with Crippen molar-refractivity contribution in [3.05, 3.63) is 47.2 Å². The topological polar surface area (TPSA) is 15.3 Å². The quantitative estimate of drug-likeness (QED) is 0.678. The monoisotopic (exact) mass is 250 g/mol. The van der Waals surface area contributed by atoms with Crippen molar-refractivity contribution >= 4 is 11.3 Å². The van der Waals surface area contributed by atoms with Crippen molar-refractivity contribution in [1.82, 2.24) is 10.2 Å². The zero-order chi connectivity index (χ0) is 12.5. The molecule has 17 heavy (non-hydrogen) atoms. The molecule has 0 saturated carbocycles. The SMILES string of the molecule is C=CCN(CC=C)Cc1ccc(CNCC)s1. The molecular formula is C14H22N2S. The third kappa shape index (κ3) is 5.31. The molecule has 3 heteroatoms. The van der Waals surface area contributed by atoms with Gasteiger partial charge in [-0.1, -0.05) is 19.1 Å². The lowest BCUT2D eigenvalue weighted by atomic mass is 10.3. The Bertz CT molecular complexity index is 334. The first-order chi connectivity index (χ1) is 8.30. The molecule has 1 heterocycles. The van der Waals surface area contributed by atoms with Crippen molar-refractivity contribution in [3.8, 4) is 0 Å². The van der Waals surface area contributed by atoms with Gasteiger partial charge in [0.05, 0.1) is 0 Å². The number of nitrogens with one attached hydrogen (secondary N) is 1. The summed E-state index contributed by atoms with van der Waals surface area (Å²) in [6, 6.07) is 4.43. The van der Waals surface area contributed by atoms with Gasteiger partial charge in [-0.2, -0.15) is 0 Å². The molecule has 94 valence electrons. The van der Waals surface area contributed by atoms with Gasteiger partial charge in [-0.05, 0) is 18.7 Å². The van der Waals surface area contributed by atoms with Crippen LogP contribution in [0.15, 0.2) is 37.4 Å². The predicted octanol–water partition coefficient (Wildman–Crippen LogP) is 3.03. The van der Waals surface area contributed by atoms with Gasteiger partial charge in [-0.3, -0.25) is 4.90 Å². The molecule has 0 fully saturated rings. The van der Waals surface area contributed by atoms with Crippen LogP contribution in [0.3, 0.4) is 0 Å². The largest absolute Gasteiger partial charge is 0.312 e. The molecule has 1 rings (SSSR count). The van der Waals surface area contributed by atoms with Gasteiger partial charge in [0, 0.05) is 35.9 Å². The standard InChI is InChI=1S/C14H22N2S/c1-4-9-16(10-5-2)12-14-8-7-13(17-14)11-15-6-3/h4-5,7-8,15H,1-2,6,9-12H2,3H3. The van der Waals surface area contributed by atoms with Gasteiger partial charge in [0.25, 0.3) is 0 Å². The Morgan fingerprint density at radius 3 is 2.47 bits per heavy atom. The molecule has 0 amide bonds. The van der Waals surface area contributed by atoms with E-state index in [2.05, 4.69) is 42.4 Å². The second-order valence-corrected chi connectivity index (χ2v) is 5.17. The summed E-state index contributed by atoms with van der Waals surface area (Å²) in [6.07, 6.45) is 3.88. The lowest BCUT2D eigenvalue weighted by Crippen LogP contribution is -2.22. The molecular weight excluding hydrogens is 228 g/mol. The number of hydrogen-bond acceptors (Lipinski definition) is 3. The number of nitrogens with zero attached hydrogens (tertiary/aromatic N) is 1. The van der Waals surface area contributed by atoms with Crippen LogP contribution in [0, 0.1) is 0 Å². The van der Waals surface area contributed by atoms with E-state index in [1.54, 1.807) is 0 Å². The molecule has 2 nitrogen and oxygen atoms in total. The van der Waals surface area contributed by atoms with Gasteiger partial charge in [0.2, 0.25) is 0 Å². The highest BCUT2D eigenvalue weighted by molar-refractivity contribution is 7.11. The van der Waals surface area contributed by atoms with Crippen LogP contribution >= 0.6 is 11.3 Å². The highest BCUT2D eigenvalue weighted by Gasteiger charge is 2.05. The minimum Gasteiger partial charge on any atom is -0.312 e. The average molecular weight is 250 g/mol. The molecule has 0 aromatic carbocycles. The van der Waals surface area contributed by atoms with Gasteiger partial charge < -0.3 is 5.32 Å². The fourth-order valence-electron chi connectivity index (χ4n) is 1.64. The van der Waals surface area contributed by atoms with Crippen LogP contribution < -0.4 is 5.32 Å². The Morgan fingerprint density at radius 2 is 1.88 bits per heavy atom. The van der Waals surface area contributed by atoms with Crippen molar-refractivity contribution < 1.29 is 0 Å². The Hall–Kier alpha value is -0.900. The van der Waals surface area contributed by atoms with E-state index < -0.39 is 0 Å². The van der Waals surface area contributed by atoms with Crippen molar-refractivity contribution in [3.63, 3.8) is 0 Å². The maximum Gasteiger partial charge on any atom is 0.0334 e. The van der Waals surface area contributed by atoms with E-state index in [0.29, 0.717) is 0 Å². The summed E-state index contributed by atoms with van der Waals surface area (Å²) in [5.74, 6) is 0. The average Bonchev–Trinajstić information content (AvgIpc) is 2.75. The Balaban J connectivity index is 2.50. The van der Waals surface area contributed by atoms with Crippen LogP contribution in [0.25, 0.3) is 0 Å². The van der Waals surface area contributed by atoms with Crippen molar-refractivity contribution in [2.75, 3.05) is 19.6 Å². The highest BCUT2D eigenvalue weighted by atomic mass is 32.1. The zero-order valence-electron chi connectivity index (χ0n) is 10.6. The van der Waals surface area contributed by atoms with E-state index in [-0.39, 0.29) is 0 Å². The Morgan fingerprint density at radius 1 is 1.24 bits per heavy atom. The molecule has 0 atom stereocenters. The van der Waals surface area contributed by atoms with Crippen LogP contribution in [0.5, 0.6) is 0 Å². The summed E-state index contributed by atoms with van der Waals surface area (Å²) in [5.41, 5.74) is 0. The van der Waals surface area contributed by atoms with E-state index in [1.165, 1.54) is 9.75 Å². The van der Waals surface area contributed by atoms with Gasteiger partial charge in [0.1, 0.15) is 0 Å². The molecule has 0 saturated heterocycles. The van der Waals surface area contributed by atoms with Crippen molar-refractivity contribution in [2.45, 2.75) is 20.0 Å². The molecule has 0 aliphatic rings. The molecule has 1 aromatic rings. The Kier molecular flexibility index (Phi) is 6.86. The molecule has 0 aliphatic heterocycles. The smallest absolute Gasteiger partial charge is 0.0334 e. The third-order valence-electron chi connectivity index (χ3n) is 2.42. The summed E-state index contributed by atoms with van der Waals surface area (Å²) in [4.78, 5) is 5.13. The van der Waals surface area contributed by atoms with Gasteiger partial charge >= 0.3 is 0 Å². The highest BCUT2D eigenvalue weighted by Crippen LogP contribution is 2.18. The molecule has 1 aromatic heterocycles. The zero-order valence-corrected chi connectivity index (χ0v) is 11.4. The maximum atomic E-state index is 3.79. The lowest BCUT2D eigenvalue weighted by molar-refractivity contribution is 0.331. The first-order valence-corrected chi connectivity index (χ1v) is 6.84. The first kappa shape index (κ1) is 14.2. The van der Waals surface area contributed by atoms with Crippen LogP contribution in [0.4, 0.5) is 0 Å². The molecule has 0 unspecified atom stereocenters.